The van der Waals surface area contributed by atoms with Crippen molar-refractivity contribution in [1.29, 1.82) is 0 Å². The van der Waals surface area contributed by atoms with Crippen molar-refractivity contribution in [3.8, 4) is 0 Å². The molecule has 0 aliphatic carbocycles. The summed E-state index contributed by atoms with van der Waals surface area (Å²) in [5.74, 6) is -0.474. The number of esters is 1. The van der Waals surface area contributed by atoms with Crippen LogP contribution in [0.4, 0.5) is 4.79 Å². The molecule has 1 atom stereocenters. The van der Waals surface area contributed by atoms with Gasteiger partial charge in [0.15, 0.2) is 0 Å². The number of rotatable bonds is 7. The highest BCUT2D eigenvalue weighted by Crippen LogP contribution is 2.05. The van der Waals surface area contributed by atoms with Gasteiger partial charge >= 0.3 is 12.1 Å². The average molecular weight is 327 g/mol. The molecule has 1 amide bonds. The third-order valence-electron chi connectivity index (χ3n) is 3.42. The average Bonchev–Trinajstić information content (AvgIpc) is 2.64. The van der Waals surface area contributed by atoms with Gasteiger partial charge in [-0.3, -0.25) is 0 Å². The predicted octanol–water partition coefficient (Wildman–Crippen LogP) is 3.43. The molecule has 0 aliphatic rings. The fourth-order valence-corrected chi connectivity index (χ4v) is 2.06. The van der Waals surface area contributed by atoms with Crippen LogP contribution < -0.4 is 5.32 Å². The van der Waals surface area contributed by atoms with Crippen LogP contribution in [0.2, 0.25) is 0 Å². The molecule has 0 fully saturated rings. The largest absolute Gasteiger partial charge is 0.459 e. The maximum Gasteiger partial charge on any atom is 0.408 e. The topological polar surface area (TPSA) is 64.6 Å². The SMILES string of the molecule is CC[C@H](NC(=O)OCc1ccccc1)C(=O)OCc1ccccc1. The van der Waals surface area contributed by atoms with Crippen LogP contribution in [0.1, 0.15) is 24.5 Å². The van der Waals surface area contributed by atoms with E-state index in [9.17, 15) is 9.59 Å². The fraction of sp³-hybridized carbons (Fsp3) is 0.263. The molecule has 0 radical (unpaired) electrons. The van der Waals surface area contributed by atoms with Gasteiger partial charge in [0.25, 0.3) is 0 Å². The zero-order valence-electron chi connectivity index (χ0n) is 13.6. The van der Waals surface area contributed by atoms with E-state index in [1.807, 2.05) is 60.7 Å². The Balaban J connectivity index is 1.77. The third-order valence-corrected chi connectivity index (χ3v) is 3.42. The molecule has 2 rings (SSSR count). The summed E-state index contributed by atoms with van der Waals surface area (Å²) >= 11 is 0. The first-order valence-corrected chi connectivity index (χ1v) is 7.87. The lowest BCUT2D eigenvalue weighted by atomic mass is 10.2. The molecular formula is C19H21NO4. The highest BCUT2D eigenvalue weighted by molar-refractivity contribution is 5.81. The Kier molecular flexibility index (Phi) is 6.83. The van der Waals surface area contributed by atoms with Gasteiger partial charge < -0.3 is 14.8 Å². The second kappa shape index (κ2) is 9.35. The van der Waals surface area contributed by atoms with Crippen LogP contribution in [0.3, 0.4) is 0 Å². The molecular weight excluding hydrogens is 306 g/mol. The minimum atomic E-state index is -0.725. The Morgan fingerprint density at radius 3 is 1.88 bits per heavy atom. The Morgan fingerprint density at radius 1 is 0.875 bits per heavy atom. The van der Waals surface area contributed by atoms with Crippen molar-refractivity contribution in [3.63, 3.8) is 0 Å². The lowest BCUT2D eigenvalue weighted by molar-refractivity contribution is -0.147. The van der Waals surface area contributed by atoms with Crippen molar-refractivity contribution in [1.82, 2.24) is 5.32 Å². The van der Waals surface area contributed by atoms with Crippen molar-refractivity contribution >= 4 is 12.1 Å². The fourth-order valence-electron chi connectivity index (χ4n) is 2.06. The highest BCUT2D eigenvalue weighted by atomic mass is 16.6. The molecule has 0 aliphatic heterocycles. The molecule has 0 spiro atoms. The Labute approximate surface area is 141 Å². The van der Waals surface area contributed by atoms with Crippen molar-refractivity contribution in [2.24, 2.45) is 0 Å². The van der Waals surface area contributed by atoms with Gasteiger partial charge in [-0.1, -0.05) is 67.6 Å². The minimum Gasteiger partial charge on any atom is -0.459 e. The second-order valence-corrected chi connectivity index (χ2v) is 5.26. The smallest absolute Gasteiger partial charge is 0.408 e. The van der Waals surface area contributed by atoms with Crippen molar-refractivity contribution in [3.05, 3.63) is 71.8 Å². The number of amides is 1. The Bertz CT molecular complexity index is 643. The molecule has 0 saturated carbocycles. The summed E-state index contributed by atoms with van der Waals surface area (Å²) in [6.45, 7) is 2.13. The molecule has 0 heterocycles. The number of carbonyl (C=O) groups excluding carboxylic acids is 2. The van der Waals surface area contributed by atoms with Crippen LogP contribution >= 0.6 is 0 Å². The standard InChI is InChI=1S/C19H21NO4/c1-2-17(18(21)23-13-15-9-5-3-6-10-15)20-19(22)24-14-16-11-7-4-8-12-16/h3-12,17H,2,13-14H2,1H3,(H,20,22)/t17-/m0/s1. The number of ether oxygens (including phenoxy) is 2. The molecule has 0 unspecified atom stereocenters. The normalized spacial score (nSPS) is 11.4. The summed E-state index contributed by atoms with van der Waals surface area (Å²) in [4.78, 5) is 23.9. The maximum atomic E-state index is 12.1. The van der Waals surface area contributed by atoms with Gasteiger partial charge in [0.1, 0.15) is 19.3 Å². The maximum absolute atomic E-state index is 12.1. The summed E-state index contributed by atoms with van der Waals surface area (Å²) in [7, 11) is 0. The summed E-state index contributed by atoms with van der Waals surface area (Å²) in [6, 6.07) is 18.0. The summed E-state index contributed by atoms with van der Waals surface area (Å²) in [6.07, 6.45) is -0.212. The van der Waals surface area contributed by atoms with Gasteiger partial charge in [-0.05, 0) is 17.5 Å². The molecule has 5 nitrogen and oxygen atoms in total. The molecule has 5 heteroatoms. The molecule has 2 aromatic carbocycles. The lowest BCUT2D eigenvalue weighted by Crippen LogP contribution is -2.41. The van der Waals surface area contributed by atoms with Crippen LogP contribution in [0.15, 0.2) is 60.7 Å². The van der Waals surface area contributed by atoms with E-state index in [1.54, 1.807) is 6.92 Å². The van der Waals surface area contributed by atoms with Gasteiger partial charge in [0.2, 0.25) is 0 Å². The van der Waals surface area contributed by atoms with Crippen LogP contribution in [0, 0.1) is 0 Å². The Morgan fingerprint density at radius 2 is 1.38 bits per heavy atom. The summed E-state index contributed by atoms with van der Waals surface area (Å²) in [5, 5.41) is 2.54. The van der Waals surface area contributed by atoms with Crippen molar-refractivity contribution in [2.45, 2.75) is 32.6 Å². The van der Waals surface area contributed by atoms with Crippen molar-refractivity contribution in [2.75, 3.05) is 0 Å². The molecule has 0 saturated heterocycles. The molecule has 0 bridgehead atoms. The molecule has 0 aromatic heterocycles. The summed E-state index contributed by atoms with van der Waals surface area (Å²) < 4.78 is 10.4. The first-order chi connectivity index (χ1) is 11.7. The number of carbonyl (C=O) groups is 2. The molecule has 2 aromatic rings. The molecule has 1 N–H and O–H groups in total. The van der Waals surface area contributed by atoms with Gasteiger partial charge in [-0.2, -0.15) is 0 Å². The zero-order valence-corrected chi connectivity index (χ0v) is 13.6. The molecule has 24 heavy (non-hydrogen) atoms. The van der Waals surface area contributed by atoms with E-state index in [0.717, 1.165) is 11.1 Å². The van der Waals surface area contributed by atoms with Gasteiger partial charge in [-0.25, -0.2) is 9.59 Å². The number of nitrogens with one attached hydrogen (secondary N) is 1. The van der Waals surface area contributed by atoms with E-state index in [0.29, 0.717) is 6.42 Å². The van der Waals surface area contributed by atoms with Gasteiger partial charge in [0.05, 0.1) is 0 Å². The van der Waals surface area contributed by atoms with Crippen LogP contribution in [-0.4, -0.2) is 18.1 Å². The first kappa shape index (κ1) is 17.5. The number of hydrogen-bond donors (Lipinski definition) is 1. The van der Waals surface area contributed by atoms with Crippen molar-refractivity contribution < 1.29 is 19.1 Å². The number of alkyl carbamates (subject to hydrolysis) is 1. The first-order valence-electron chi connectivity index (χ1n) is 7.87. The monoisotopic (exact) mass is 327 g/mol. The van der Waals surface area contributed by atoms with Gasteiger partial charge in [-0.15, -0.1) is 0 Å². The minimum absolute atomic E-state index is 0.155. The van der Waals surface area contributed by atoms with E-state index in [1.165, 1.54) is 0 Å². The van der Waals surface area contributed by atoms with E-state index >= 15 is 0 Å². The van der Waals surface area contributed by atoms with Crippen LogP contribution in [-0.2, 0) is 27.5 Å². The highest BCUT2D eigenvalue weighted by Gasteiger charge is 2.21. The van der Waals surface area contributed by atoms with Crippen LogP contribution in [0.5, 0.6) is 0 Å². The Hall–Kier alpha value is -2.82. The summed E-state index contributed by atoms with van der Waals surface area (Å²) in [5.41, 5.74) is 1.78. The van der Waals surface area contributed by atoms with E-state index in [2.05, 4.69) is 5.32 Å². The third kappa shape index (κ3) is 5.76. The second-order valence-electron chi connectivity index (χ2n) is 5.26. The van der Waals surface area contributed by atoms with E-state index in [4.69, 9.17) is 9.47 Å². The zero-order chi connectivity index (χ0) is 17.2. The number of hydrogen-bond acceptors (Lipinski definition) is 4. The van der Waals surface area contributed by atoms with Gasteiger partial charge in [0, 0.05) is 0 Å². The number of benzene rings is 2. The molecule has 126 valence electrons. The lowest BCUT2D eigenvalue weighted by Gasteiger charge is -2.16. The van der Waals surface area contributed by atoms with E-state index < -0.39 is 18.1 Å². The quantitative estimate of drug-likeness (QED) is 0.791. The van der Waals surface area contributed by atoms with Crippen LogP contribution in [0.25, 0.3) is 0 Å². The predicted molar refractivity (Wildman–Crippen MR) is 90.1 cm³/mol. The van der Waals surface area contributed by atoms with E-state index in [-0.39, 0.29) is 13.2 Å².